The van der Waals surface area contributed by atoms with Crippen LogP contribution in [-0.4, -0.2) is 18.8 Å². The van der Waals surface area contributed by atoms with E-state index in [1.807, 2.05) is 25.2 Å². The summed E-state index contributed by atoms with van der Waals surface area (Å²) in [5.74, 6) is 1.63. The maximum atomic E-state index is 5.41. The van der Waals surface area contributed by atoms with Crippen LogP contribution in [0.15, 0.2) is 30.3 Å². The first-order chi connectivity index (χ1) is 8.17. The average Bonchev–Trinajstić information content (AvgIpc) is 2.69. The normalized spacial score (nSPS) is 10.4. The minimum Gasteiger partial charge on any atom is -0.497 e. The van der Waals surface area contributed by atoms with E-state index in [1.165, 1.54) is 5.69 Å². The van der Waals surface area contributed by atoms with Gasteiger partial charge in [0.2, 0.25) is 0 Å². The van der Waals surface area contributed by atoms with Crippen molar-refractivity contribution < 1.29 is 9.47 Å². The molecule has 0 unspecified atom stereocenters. The summed E-state index contributed by atoms with van der Waals surface area (Å²) < 4.78 is 12.8. The summed E-state index contributed by atoms with van der Waals surface area (Å²) in [6.45, 7) is 2.08. The summed E-state index contributed by atoms with van der Waals surface area (Å²) in [7, 11) is 5.38. The van der Waals surface area contributed by atoms with E-state index >= 15 is 0 Å². The maximum absolute atomic E-state index is 5.41. The highest BCUT2D eigenvalue weighted by Gasteiger charge is 2.10. The van der Waals surface area contributed by atoms with Gasteiger partial charge < -0.3 is 14.0 Å². The second-order valence-electron chi connectivity index (χ2n) is 3.99. The first kappa shape index (κ1) is 11.6. The van der Waals surface area contributed by atoms with Crippen LogP contribution >= 0.6 is 0 Å². The number of hydrogen-bond acceptors (Lipinski definition) is 2. The van der Waals surface area contributed by atoms with Crippen molar-refractivity contribution in [2.24, 2.45) is 7.05 Å². The number of rotatable bonds is 3. The second-order valence-corrected chi connectivity index (χ2v) is 3.99. The average molecular weight is 231 g/mol. The number of hydrogen-bond donors (Lipinski definition) is 0. The Morgan fingerprint density at radius 1 is 1.00 bits per heavy atom. The van der Waals surface area contributed by atoms with Crippen molar-refractivity contribution in [3.8, 4) is 22.8 Å². The first-order valence-corrected chi connectivity index (χ1v) is 5.52. The van der Waals surface area contributed by atoms with Crippen molar-refractivity contribution in [2.45, 2.75) is 6.92 Å². The van der Waals surface area contributed by atoms with Gasteiger partial charge in [-0.05, 0) is 31.2 Å². The SMILES string of the molecule is COc1ccc(-c2ccc(C)n2C)c(OC)c1. The van der Waals surface area contributed by atoms with E-state index in [9.17, 15) is 0 Å². The molecule has 2 aromatic rings. The molecule has 1 aromatic heterocycles. The van der Waals surface area contributed by atoms with E-state index < -0.39 is 0 Å². The zero-order valence-corrected chi connectivity index (χ0v) is 10.7. The summed E-state index contributed by atoms with van der Waals surface area (Å²) in [5.41, 5.74) is 3.43. The number of ether oxygens (including phenoxy) is 2. The summed E-state index contributed by atoms with van der Waals surface area (Å²) in [4.78, 5) is 0. The van der Waals surface area contributed by atoms with Gasteiger partial charge in [0, 0.05) is 24.4 Å². The number of aryl methyl sites for hydroxylation is 1. The van der Waals surface area contributed by atoms with Crippen molar-refractivity contribution in [3.63, 3.8) is 0 Å². The van der Waals surface area contributed by atoms with Gasteiger partial charge >= 0.3 is 0 Å². The standard InChI is InChI=1S/C14H17NO2/c1-10-5-8-13(15(10)2)12-7-6-11(16-3)9-14(12)17-4/h5-9H,1-4H3. The molecule has 0 atom stereocenters. The number of nitrogens with zero attached hydrogens (tertiary/aromatic N) is 1. The molecule has 0 saturated carbocycles. The molecule has 2 rings (SSSR count). The Morgan fingerprint density at radius 3 is 2.29 bits per heavy atom. The van der Waals surface area contributed by atoms with Crippen molar-refractivity contribution in [1.82, 2.24) is 4.57 Å². The van der Waals surface area contributed by atoms with Crippen LogP contribution in [0.4, 0.5) is 0 Å². The zero-order chi connectivity index (χ0) is 12.4. The van der Waals surface area contributed by atoms with Crippen molar-refractivity contribution in [1.29, 1.82) is 0 Å². The first-order valence-electron chi connectivity index (χ1n) is 5.52. The van der Waals surface area contributed by atoms with Gasteiger partial charge in [0.1, 0.15) is 11.5 Å². The van der Waals surface area contributed by atoms with Crippen molar-refractivity contribution in [3.05, 3.63) is 36.0 Å². The molecule has 0 aliphatic carbocycles. The monoisotopic (exact) mass is 231 g/mol. The third-order valence-electron chi connectivity index (χ3n) is 3.06. The Bertz CT molecular complexity index is 529. The molecule has 0 N–H and O–H groups in total. The molecular formula is C14H17NO2. The van der Waals surface area contributed by atoms with E-state index in [2.05, 4.69) is 23.6 Å². The summed E-state index contributed by atoms with van der Waals surface area (Å²) in [6.07, 6.45) is 0. The third kappa shape index (κ3) is 2.00. The Balaban J connectivity index is 2.55. The number of aromatic nitrogens is 1. The lowest BCUT2D eigenvalue weighted by Gasteiger charge is -2.11. The molecular weight excluding hydrogens is 214 g/mol. The molecule has 0 aliphatic heterocycles. The summed E-state index contributed by atoms with van der Waals surface area (Å²) >= 11 is 0. The molecule has 0 radical (unpaired) electrons. The van der Waals surface area contributed by atoms with E-state index in [1.54, 1.807) is 14.2 Å². The fraction of sp³-hybridized carbons (Fsp3) is 0.286. The fourth-order valence-corrected chi connectivity index (χ4v) is 1.89. The number of methoxy groups -OCH3 is 2. The summed E-state index contributed by atoms with van der Waals surface area (Å²) in [6, 6.07) is 10.1. The molecule has 0 fully saturated rings. The van der Waals surface area contributed by atoms with Gasteiger partial charge in [0.05, 0.1) is 19.9 Å². The predicted molar refractivity (Wildman–Crippen MR) is 68.7 cm³/mol. The van der Waals surface area contributed by atoms with Crippen LogP contribution in [0, 0.1) is 6.92 Å². The van der Waals surface area contributed by atoms with Crippen LogP contribution in [0.3, 0.4) is 0 Å². The minimum absolute atomic E-state index is 0.802. The third-order valence-corrected chi connectivity index (χ3v) is 3.06. The van der Waals surface area contributed by atoms with Gasteiger partial charge in [0.15, 0.2) is 0 Å². The van der Waals surface area contributed by atoms with Crippen LogP contribution in [0.1, 0.15) is 5.69 Å². The van der Waals surface area contributed by atoms with Crippen LogP contribution < -0.4 is 9.47 Å². The highest BCUT2D eigenvalue weighted by atomic mass is 16.5. The lowest BCUT2D eigenvalue weighted by Crippen LogP contribution is -1.96. The number of benzene rings is 1. The highest BCUT2D eigenvalue weighted by Crippen LogP contribution is 2.33. The molecule has 0 amide bonds. The second kappa shape index (κ2) is 4.53. The van der Waals surface area contributed by atoms with Crippen molar-refractivity contribution >= 4 is 0 Å². The van der Waals surface area contributed by atoms with Crippen LogP contribution in [-0.2, 0) is 7.05 Å². The minimum atomic E-state index is 0.802. The molecule has 1 aromatic carbocycles. The van der Waals surface area contributed by atoms with Gasteiger partial charge in [0.25, 0.3) is 0 Å². The smallest absolute Gasteiger partial charge is 0.131 e. The zero-order valence-electron chi connectivity index (χ0n) is 10.7. The van der Waals surface area contributed by atoms with E-state index in [0.29, 0.717) is 0 Å². The predicted octanol–water partition coefficient (Wildman–Crippen LogP) is 3.02. The molecule has 1 heterocycles. The lowest BCUT2D eigenvalue weighted by atomic mass is 10.1. The molecule has 0 aliphatic rings. The molecule has 0 saturated heterocycles. The molecule has 0 bridgehead atoms. The Hall–Kier alpha value is -1.90. The maximum Gasteiger partial charge on any atom is 0.131 e. The van der Waals surface area contributed by atoms with Crippen LogP contribution in [0.25, 0.3) is 11.3 Å². The van der Waals surface area contributed by atoms with Gasteiger partial charge in [-0.2, -0.15) is 0 Å². The van der Waals surface area contributed by atoms with E-state index in [4.69, 9.17) is 9.47 Å². The van der Waals surface area contributed by atoms with E-state index in [-0.39, 0.29) is 0 Å². The highest BCUT2D eigenvalue weighted by molar-refractivity contribution is 5.69. The molecule has 90 valence electrons. The Labute approximate surface area is 102 Å². The van der Waals surface area contributed by atoms with Crippen LogP contribution in [0.5, 0.6) is 11.5 Å². The summed E-state index contributed by atoms with van der Waals surface area (Å²) in [5, 5.41) is 0. The largest absolute Gasteiger partial charge is 0.497 e. The van der Waals surface area contributed by atoms with Crippen LogP contribution in [0.2, 0.25) is 0 Å². The van der Waals surface area contributed by atoms with Gasteiger partial charge in [-0.1, -0.05) is 0 Å². The lowest BCUT2D eigenvalue weighted by molar-refractivity contribution is 0.395. The van der Waals surface area contributed by atoms with Gasteiger partial charge in [-0.3, -0.25) is 0 Å². The molecule has 3 heteroatoms. The van der Waals surface area contributed by atoms with Gasteiger partial charge in [-0.25, -0.2) is 0 Å². The Kier molecular flexibility index (Phi) is 3.09. The Morgan fingerprint density at radius 2 is 1.76 bits per heavy atom. The van der Waals surface area contributed by atoms with Gasteiger partial charge in [-0.15, -0.1) is 0 Å². The van der Waals surface area contributed by atoms with Crippen molar-refractivity contribution in [2.75, 3.05) is 14.2 Å². The van der Waals surface area contributed by atoms with E-state index in [0.717, 1.165) is 22.8 Å². The quantitative estimate of drug-likeness (QED) is 0.810. The fourth-order valence-electron chi connectivity index (χ4n) is 1.89. The topological polar surface area (TPSA) is 23.4 Å². The molecule has 3 nitrogen and oxygen atoms in total. The molecule has 0 spiro atoms. The molecule has 17 heavy (non-hydrogen) atoms.